The van der Waals surface area contributed by atoms with E-state index in [2.05, 4.69) is 10.3 Å². The van der Waals surface area contributed by atoms with Gasteiger partial charge in [-0.25, -0.2) is 4.98 Å². The number of aryl methyl sites for hydroxylation is 1. The van der Waals surface area contributed by atoms with Crippen LogP contribution in [-0.2, 0) is 11.8 Å². The fourth-order valence-electron chi connectivity index (χ4n) is 2.38. The van der Waals surface area contributed by atoms with Crippen molar-refractivity contribution in [1.82, 2.24) is 9.55 Å². The summed E-state index contributed by atoms with van der Waals surface area (Å²) in [5.41, 5.74) is 0.751. The molecule has 3 aromatic rings. The highest BCUT2D eigenvalue weighted by Gasteiger charge is 2.07. The molecule has 0 radical (unpaired) electrons. The van der Waals surface area contributed by atoms with E-state index in [-0.39, 0.29) is 18.9 Å². The van der Waals surface area contributed by atoms with Crippen LogP contribution in [0.3, 0.4) is 0 Å². The first-order chi connectivity index (χ1) is 13.2. The first kappa shape index (κ1) is 18.8. The largest absolute Gasteiger partial charge is 0.493 e. The Bertz CT molecular complexity index is 893. The van der Waals surface area contributed by atoms with Gasteiger partial charge in [0.05, 0.1) is 20.1 Å². The maximum Gasteiger partial charge on any atom is 0.227 e. The number of nitrogens with zero attached hydrogens (tertiary/aromatic N) is 2. The third kappa shape index (κ3) is 5.27. The number of hydrogen-bond acceptors (Lipinski definition) is 5. The Labute approximate surface area is 162 Å². The first-order valence-corrected chi connectivity index (χ1v) is 9.28. The van der Waals surface area contributed by atoms with E-state index in [1.165, 1.54) is 0 Å². The number of imidazole rings is 1. The molecule has 0 unspecified atom stereocenters. The monoisotopic (exact) mass is 383 g/mol. The number of benzene rings is 2. The number of carbonyl (C=O) groups excluding carboxylic acids is 1. The Balaban J connectivity index is 1.47. The number of amides is 1. The van der Waals surface area contributed by atoms with Gasteiger partial charge in [0.25, 0.3) is 0 Å². The van der Waals surface area contributed by atoms with E-state index in [0.717, 1.165) is 15.7 Å². The van der Waals surface area contributed by atoms with E-state index in [1.54, 1.807) is 25.1 Å². The summed E-state index contributed by atoms with van der Waals surface area (Å²) < 4.78 is 12.8. The molecule has 0 saturated heterocycles. The van der Waals surface area contributed by atoms with Crippen LogP contribution in [0.15, 0.2) is 71.0 Å². The zero-order valence-electron chi connectivity index (χ0n) is 15.2. The van der Waals surface area contributed by atoms with Crippen LogP contribution in [0.4, 0.5) is 5.69 Å². The quantitative estimate of drug-likeness (QED) is 0.637. The van der Waals surface area contributed by atoms with Gasteiger partial charge in [-0.1, -0.05) is 23.9 Å². The average Bonchev–Trinajstić information content (AvgIpc) is 3.08. The van der Waals surface area contributed by atoms with Crippen LogP contribution in [0.2, 0.25) is 0 Å². The smallest absolute Gasteiger partial charge is 0.227 e. The van der Waals surface area contributed by atoms with Crippen LogP contribution in [0.5, 0.6) is 11.5 Å². The number of methoxy groups -OCH3 is 1. The van der Waals surface area contributed by atoms with E-state index in [0.29, 0.717) is 11.5 Å². The number of para-hydroxylation sites is 2. The Kier molecular flexibility index (Phi) is 6.38. The van der Waals surface area contributed by atoms with Gasteiger partial charge < -0.3 is 19.4 Å². The number of ether oxygens (including phenoxy) is 2. The second-order valence-corrected chi connectivity index (χ2v) is 6.79. The number of hydrogen-bond donors (Lipinski definition) is 1. The molecular weight excluding hydrogens is 362 g/mol. The van der Waals surface area contributed by atoms with E-state index in [4.69, 9.17) is 9.47 Å². The Morgan fingerprint density at radius 3 is 2.56 bits per heavy atom. The van der Waals surface area contributed by atoms with Gasteiger partial charge in [0, 0.05) is 30.0 Å². The lowest BCUT2D eigenvalue weighted by atomic mass is 10.3. The number of rotatable bonds is 8. The molecule has 27 heavy (non-hydrogen) atoms. The van der Waals surface area contributed by atoms with Crippen LogP contribution >= 0.6 is 11.8 Å². The van der Waals surface area contributed by atoms with Gasteiger partial charge in [-0.05, 0) is 36.4 Å². The highest BCUT2D eigenvalue weighted by Crippen LogP contribution is 2.27. The topological polar surface area (TPSA) is 65.4 Å². The average molecular weight is 383 g/mol. The fraction of sp³-hybridized carbons (Fsp3) is 0.200. The van der Waals surface area contributed by atoms with E-state index in [9.17, 15) is 4.79 Å². The van der Waals surface area contributed by atoms with E-state index < -0.39 is 0 Å². The Morgan fingerprint density at radius 1 is 1.15 bits per heavy atom. The summed E-state index contributed by atoms with van der Waals surface area (Å²) in [4.78, 5) is 17.4. The molecule has 140 valence electrons. The van der Waals surface area contributed by atoms with Gasteiger partial charge in [-0.15, -0.1) is 0 Å². The minimum Gasteiger partial charge on any atom is -0.493 e. The van der Waals surface area contributed by atoms with Gasteiger partial charge >= 0.3 is 0 Å². The van der Waals surface area contributed by atoms with Gasteiger partial charge in [0.2, 0.25) is 5.91 Å². The Hall–Kier alpha value is -2.93. The van der Waals surface area contributed by atoms with Gasteiger partial charge in [-0.3, -0.25) is 4.79 Å². The van der Waals surface area contributed by atoms with Crippen LogP contribution in [0, 0.1) is 0 Å². The number of nitrogens with one attached hydrogen (secondary N) is 1. The molecule has 0 aliphatic heterocycles. The van der Waals surface area contributed by atoms with Gasteiger partial charge in [-0.2, -0.15) is 0 Å². The molecule has 1 amide bonds. The van der Waals surface area contributed by atoms with E-state index in [1.807, 2.05) is 66.3 Å². The molecule has 1 heterocycles. The lowest BCUT2D eigenvalue weighted by Gasteiger charge is -2.10. The van der Waals surface area contributed by atoms with E-state index >= 15 is 0 Å². The zero-order chi connectivity index (χ0) is 19.1. The summed E-state index contributed by atoms with van der Waals surface area (Å²) in [7, 11) is 3.54. The molecule has 3 rings (SSSR count). The second-order valence-electron chi connectivity index (χ2n) is 5.74. The maximum atomic E-state index is 12.1. The van der Waals surface area contributed by atoms with Crippen molar-refractivity contribution in [3.05, 3.63) is 60.9 Å². The van der Waals surface area contributed by atoms with Crippen molar-refractivity contribution in [2.45, 2.75) is 16.5 Å². The van der Waals surface area contributed by atoms with Crippen molar-refractivity contribution >= 4 is 23.4 Å². The van der Waals surface area contributed by atoms with Crippen molar-refractivity contribution in [2.24, 2.45) is 7.05 Å². The van der Waals surface area contributed by atoms with Crippen LogP contribution < -0.4 is 14.8 Å². The van der Waals surface area contributed by atoms with Crippen molar-refractivity contribution in [3.63, 3.8) is 0 Å². The fourth-order valence-corrected chi connectivity index (χ4v) is 3.18. The molecule has 1 N–H and O–H groups in total. The van der Waals surface area contributed by atoms with Gasteiger partial charge in [0.1, 0.15) is 0 Å². The number of anilines is 1. The molecule has 1 aromatic heterocycles. The predicted octanol–water partition coefficient (Wildman–Crippen LogP) is 3.99. The molecule has 0 fully saturated rings. The third-order valence-corrected chi connectivity index (χ3v) is 4.86. The van der Waals surface area contributed by atoms with Crippen molar-refractivity contribution in [1.29, 1.82) is 0 Å². The molecule has 0 aliphatic rings. The standard InChI is InChI=1S/C20H21N3O3S/c1-23-13-12-21-20(23)27-16-9-7-15(8-10-16)22-19(24)11-14-26-18-6-4-3-5-17(18)25-2/h3-10,12-13H,11,14H2,1-2H3,(H,22,24). The summed E-state index contributed by atoms with van der Waals surface area (Å²) in [6.07, 6.45) is 3.93. The van der Waals surface area contributed by atoms with Crippen LogP contribution in [-0.4, -0.2) is 29.2 Å². The third-order valence-electron chi connectivity index (χ3n) is 3.78. The first-order valence-electron chi connectivity index (χ1n) is 8.46. The van der Waals surface area contributed by atoms with Crippen molar-refractivity contribution in [2.75, 3.05) is 19.0 Å². The highest BCUT2D eigenvalue weighted by molar-refractivity contribution is 7.99. The summed E-state index contributed by atoms with van der Waals surface area (Å²) in [5.74, 6) is 1.18. The second kappa shape index (κ2) is 9.14. The molecule has 0 spiro atoms. The van der Waals surface area contributed by atoms with Crippen LogP contribution in [0.1, 0.15) is 6.42 Å². The lowest BCUT2D eigenvalue weighted by molar-refractivity contribution is -0.116. The molecule has 7 heteroatoms. The molecular formula is C20H21N3O3S. The normalized spacial score (nSPS) is 10.4. The van der Waals surface area contributed by atoms with Gasteiger partial charge in [0.15, 0.2) is 16.7 Å². The van der Waals surface area contributed by atoms with Crippen LogP contribution in [0.25, 0.3) is 0 Å². The minimum atomic E-state index is -0.102. The molecule has 0 atom stereocenters. The molecule has 2 aromatic carbocycles. The summed E-state index contributed by atoms with van der Waals surface area (Å²) >= 11 is 1.57. The summed E-state index contributed by atoms with van der Waals surface area (Å²) in [6, 6.07) is 15.0. The maximum absolute atomic E-state index is 12.1. The highest BCUT2D eigenvalue weighted by atomic mass is 32.2. The molecule has 6 nitrogen and oxygen atoms in total. The molecule has 0 aliphatic carbocycles. The molecule has 0 bridgehead atoms. The lowest BCUT2D eigenvalue weighted by Crippen LogP contribution is -2.15. The summed E-state index contributed by atoms with van der Waals surface area (Å²) in [5, 5.41) is 3.79. The van der Waals surface area contributed by atoms with Crippen molar-refractivity contribution in [3.8, 4) is 11.5 Å². The SMILES string of the molecule is COc1ccccc1OCCC(=O)Nc1ccc(Sc2nccn2C)cc1. The Morgan fingerprint density at radius 2 is 1.89 bits per heavy atom. The molecule has 0 saturated carbocycles. The number of carbonyl (C=O) groups is 1. The predicted molar refractivity (Wildman–Crippen MR) is 106 cm³/mol. The minimum absolute atomic E-state index is 0.102. The summed E-state index contributed by atoms with van der Waals surface area (Å²) in [6.45, 7) is 0.277. The zero-order valence-corrected chi connectivity index (χ0v) is 16.0. The van der Waals surface area contributed by atoms with Crippen molar-refractivity contribution < 1.29 is 14.3 Å². The number of aromatic nitrogens is 2.